The number of nitrogens with zero attached hydrogens (tertiary/aromatic N) is 1. The van der Waals surface area contributed by atoms with Crippen molar-refractivity contribution < 1.29 is 24.0 Å². The summed E-state index contributed by atoms with van der Waals surface area (Å²) in [5.74, 6) is 1.36. The van der Waals surface area contributed by atoms with Crippen LogP contribution in [0, 0.1) is 0 Å². The molecule has 0 fully saturated rings. The summed E-state index contributed by atoms with van der Waals surface area (Å²) < 4.78 is 11.4. The molecule has 0 bridgehead atoms. The first-order valence-electron chi connectivity index (χ1n) is 9.17. The molecule has 0 spiro atoms. The Kier molecular flexibility index (Phi) is 7.26. The first kappa shape index (κ1) is 20.0. The molecule has 7 nitrogen and oxygen atoms in total. The van der Waals surface area contributed by atoms with Gasteiger partial charge in [0.25, 0.3) is 5.91 Å². The van der Waals surface area contributed by atoms with Crippen molar-refractivity contribution in [2.45, 2.75) is 26.8 Å². The van der Waals surface area contributed by atoms with Crippen LogP contribution in [0.4, 0.5) is 0 Å². The summed E-state index contributed by atoms with van der Waals surface area (Å²) in [6.45, 7) is 7.21. The van der Waals surface area contributed by atoms with Crippen LogP contribution in [0.3, 0.4) is 0 Å². The van der Waals surface area contributed by atoms with Crippen LogP contribution < -0.4 is 19.7 Å². The SMILES string of the molecule is CCOc1cc2c(cc1OCC)C[NH+](CC(=O)N(C)CC(=O)NC)CC2. The number of amides is 2. The summed E-state index contributed by atoms with van der Waals surface area (Å²) >= 11 is 0. The van der Waals surface area contributed by atoms with E-state index in [4.69, 9.17) is 9.47 Å². The van der Waals surface area contributed by atoms with E-state index in [0.29, 0.717) is 19.8 Å². The topological polar surface area (TPSA) is 72.3 Å². The summed E-state index contributed by atoms with van der Waals surface area (Å²) in [6.07, 6.45) is 0.892. The van der Waals surface area contributed by atoms with Crippen molar-refractivity contribution in [2.75, 3.05) is 46.9 Å². The van der Waals surface area contributed by atoms with Gasteiger partial charge in [0.15, 0.2) is 18.0 Å². The molecule has 1 aliphatic rings. The van der Waals surface area contributed by atoms with E-state index >= 15 is 0 Å². The van der Waals surface area contributed by atoms with Crippen LogP contribution in [0.5, 0.6) is 11.5 Å². The molecule has 0 saturated heterocycles. The summed E-state index contributed by atoms with van der Waals surface area (Å²) in [4.78, 5) is 26.5. The molecular formula is C19H30N3O4+. The van der Waals surface area contributed by atoms with E-state index < -0.39 is 0 Å². The van der Waals surface area contributed by atoms with E-state index in [1.54, 1.807) is 14.1 Å². The molecule has 26 heavy (non-hydrogen) atoms. The second-order valence-electron chi connectivity index (χ2n) is 6.46. The van der Waals surface area contributed by atoms with Crippen molar-refractivity contribution in [3.05, 3.63) is 23.3 Å². The summed E-state index contributed by atoms with van der Waals surface area (Å²) in [7, 11) is 3.23. The van der Waals surface area contributed by atoms with Gasteiger partial charge in [-0.05, 0) is 31.5 Å². The molecule has 2 amide bonds. The summed E-state index contributed by atoms with van der Waals surface area (Å²) in [6, 6.07) is 4.11. The smallest absolute Gasteiger partial charge is 0.277 e. The van der Waals surface area contributed by atoms with Gasteiger partial charge in [0.2, 0.25) is 5.91 Å². The normalized spacial score (nSPS) is 15.8. The molecule has 7 heteroatoms. The average Bonchev–Trinajstić information content (AvgIpc) is 2.62. The zero-order valence-electron chi connectivity index (χ0n) is 16.2. The number of rotatable bonds is 8. The van der Waals surface area contributed by atoms with Gasteiger partial charge >= 0.3 is 0 Å². The number of likely N-dealkylation sites (N-methyl/N-ethyl adjacent to an activating group) is 2. The van der Waals surface area contributed by atoms with Crippen molar-refractivity contribution in [3.8, 4) is 11.5 Å². The summed E-state index contributed by atoms with van der Waals surface area (Å²) in [5.41, 5.74) is 2.45. The third kappa shape index (κ3) is 5.11. The van der Waals surface area contributed by atoms with Crippen molar-refractivity contribution in [1.82, 2.24) is 10.2 Å². The second-order valence-corrected chi connectivity index (χ2v) is 6.46. The number of fused-ring (bicyclic) bond motifs is 1. The number of hydrogen-bond acceptors (Lipinski definition) is 4. The minimum atomic E-state index is -0.162. The van der Waals surface area contributed by atoms with E-state index in [1.165, 1.54) is 20.9 Å². The Balaban J connectivity index is 2.05. The van der Waals surface area contributed by atoms with Crippen LogP contribution in [0.1, 0.15) is 25.0 Å². The van der Waals surface area contributed by atoms with Gasteiger partial charge in [-0.3, -0.25) is 9.59 Å². The quantitative estimate of drug-likeness (QED) is 0.660. The van der Waals surface area contributed by atoms with Crippen molar-refractivity contribution >= 4 is 11.8 Å². The molecule has 1 heterocycles. The first-order valence-corrected chi connectivity index (χ1v) is 9.17. The number of carbonyl (C=O) groups is 2. The van der Waals surface area contributed by atoms with E-state index in [2.05, 4.69) is 11.4 Å². The van der Waals surface area contributed by atoms with Crippen molar-refractivity contribution in [2.24, 2.45) is 0 Å². The molecule has 2 N–H and O–H groups in total. The first-order chi connectivity index (χ1) is 12.5. The lowest BCUT2D eigenvalue weighted by molar-refractivity contribution is -0.908. The minimum Gasteiger partial charge on any atom is -0.490 e. The fourth-order valence-electron chi connectivity index (χ4n) is 3.13. The average molecular weight is 364 g/mol. The highest BCUT2D eigenvalue weighted by Crippen LogP contribution is 2.32. The fourth-order valence-corrected chi connectivity index (χ4v) is 3.13. The highest BCUT2D eigenvalue weighted by Gasteiger charge is 2.25. The van der Waals surface area contributed by atoms with Gasteiger partial charge in [0, 0.05) is 26.1 Å². The van der Waals surface area contributed by atoms with Gasteiger partial charge in [-0.15, -0.1) is 0 Å². The molecule has 1 aromatic rings. The predicted octanol–water partition coefficient (Wildman–Crippen LogP) is -0.371. The highest BCUT2D eigenvalue weighted by molar-refractivity contribution is 5.84. The number of carbonyl (C=O) groups excluding carboxylic acids is 2. The highest BCUT2D eigenvalue weighted by atomic mass is 16.5. The second kappa shape index (κ2) is 9.43. The molecule has 0 aromatic heterocycles. The third-order valence-corrected chi connectivity index (χ3v) is 4.54. The number of benzene rings is 1. The molecule has 2 rings (SSSR count). The van der Waals surface area contributed by atoms with Crippen LogP contribution in [0.2, 0.25) is 0 Å². The maximum absolute atomic E-state index is 12.4. The van der Waals surface area contributed by atoms with Gasteiger partial charge < -0.3 is 24.6 Å². The van der Waals surface area contributed by atoms with Crippen LogP contribution in [0.25, 0.3) is 0 Å². The zero-order valence-corrected chi connectivity index (χ0v) is 16.2. The lowest BCUT2D eigenvalue weighted by atomic mass is 9.98. The molecule has 1 unspecified atom stereocenters. The maximum Gasteiger partial charge on any atom is 0.277 e. The van der Waals surface area contributed by atoms with Gasteiger partial charge in [-0.2, -0.15) is 0 Å². The molecule has 144 valence electrons. The van der Waals surface area contributed by atoms with Gasteiger partial charge in [-0.25, -0.2) is 0 Å². The molecule has 0 aliphatic carbocycles. The largest absolute Gasteiger partial charge is 0.490 e. The lowest BCUT2D eigenvalue weighted by Crippen LogP contribution is -3.12. The molecule has 1 aromatic carbocycles. The van der Waals surface area contributed by atoms with Gasteiger partial charge in [0.1, 0.15) is 6.54 Å². The molecule has 0 saturated carbocycles. The summed E-state index contributed by atoms with van der Waals surface area (Å²) in [5, 5.41) is 2.54. The van der Waals surface area contributed by atoms with Crippen molar-refractivity contribution in [1.29, 1.82) is 0 Å². The van der Waals surface area contributed by atoms with Gasteiger partial charge in [0.05, 0.1) is 26.3 Å². The predicted molar refractivity (Wildman–Crippen MR) is 98.6 cm³/mol. The third-order valence-electron chi connectivity index (χ3n) is 4.54. The van der Waals surface area contributed by atoms with E-state index in [-0.39, 0.29) is 18.4 Å². The monoisotopic (exact) mass is 364 g/mol. The Morgan fingerprint density at radius 2 is 1.77 bits per heavy atom. The molecule has 1 aliphatic heterocycles. The fraction of sp³-hybridized carbons (Fsp3) is 0.579. The van der Waals surface area contributed by atoms with Crippen LogP contribution in [-0.2, 0) is 22.6 Å². The van der Waals surface area contributed by atoms with Crippen LogP contribution in [-0.4, -0.2) is 63.7 Å². The Bertz CT molecular complexity index is 648. The molecule has 0 radical (unpaired) electrons. The molecular weight excluding hydrogens is 334 g/mol. The van der Waals surface area contributed by atoms with Crippen LogP contribution in [0.15, 0.2) is 12.1 Å². The number of hydrogen-bond donors (Lipinski definition) is 2. The molecule has 1 atom stereocenters. The standard InChI is InChI=1S/C19H29N3O4/c1-5-25-16-9-14-7-8-22(11-15(14)10-17(16)26-6-2)13-19(24)21(4)12-18(23)20-3/h9-10H,5-8,11-13H2,1-4H3,(H,20,23)/p+1. The number of nitrogens with one attached hydrogen (secondary N) is 2. The zero-order chi connectivity index (χ0) is 19.1. The Labute approximate surface area is 155 Å². The van der Waals surface area contributed by atoms with E-state index in [0.717, 1.165) is 31.0 Å². The Hall–Kier alpha value is -2.28. The Morgan fingerprint density at radius 3 is 2.35 bits per heavy atom. The van der Waals surface area contributed by atoms with Crippen LogP contribution >= 0.6 is 0 Å². The lowest BCUT2D eigenvalue weighted by Gasteiger charge is -2.28. The number of quaternary nitrogens is 1. The van der Waals surface area contributed by atoms with E-state index in [9.17, 15) is 9.59 Å². The van der Waals surface area contributed by atoms with E-state index in [1.807, 2.05) is 19.9 Å². The van der Waals surface area contributed by atoms with Crippen molar-refractivity contribution in [3.63, 3.8) is 0 Å². The maximum atomic E-state index is 12.4. The van der Waals surface area contributed by atoms with Gasteiger partial charge in [-0.1, -0.05) is 0 Å². The number of ether oxygens (including phenoxy) is 2. The minimum absolute atomic E-state index is 0.0250. The Morgan fingerprint density at radius 1 is 1.15 bits per heavy atom.